The minimum atomic E-state index is -1.23. The van der Waals surface area contributed by atoms with Crippen LogP contribution in [0, 0.1) is 0 Å². The number of benzene rings is 1. The van der Waals surface area contributed by atoms with Crippen LogP contribution >= 0.6 is 0 Å². The fourth-order valence-corrected chi connectivity index (χ4v) is 6.04. The summed E-state index contributed by atoms with van der Waals surface area (Å²) >= 11 is 0. The lowest BCUT2D eigenvalue weighted by atomic mass is 9.84. The third-order valence-corrected chi connectivity index (χ3v) is 9.68. The van der Waals surface area contributed by atoms with Gasteiger partial charge in [0.2, 0.25) is 0 Å². The Morgan fingerprint density at radius 3 is 2.34 bits per heavy atom. The van der Waals surface area contributed by atoms with E-state index in [0.717, 1.165) is 43.0 Å². The average molecular weight is 624 g/mol. The van der Waals surface area contributed by atoms with Crippen molar-refractivity contribution in [2.45, 2.75) is 103 Å². The number of carbonyl (C=O) groups excluding carboxylic acids is 2. The van der Waals surface area contributed by atoms with Gasteiger partial charge in [0.25, 0.3) is 0 Å². The maximum absolute atomic E-state index is 13.1. The Kier molecular flexibility index (Phi) is 10.7. The second kappa shape index (κ2) is 14.1. The molecule has 0 spiro atoms. The van der Waals surface area contributed by atoms with Crippen molar-refractivity contribution in [1.82, 2.24) is 19.4 Å². The minimum Gasteiger partial charge on any atom is -0.444 e. The summed E-state index contributed by atoms with van der Waals surface area (Å²) in [5.41, 5.74) is 3.21. The molecule has 2 heterocycles. The Bertz CT molecular complexity index is 1410. The van der Waals surface area contributed by atoms with E-state index in [9.17, 15) is 9.59 Å². The van der Waals surface area contributed by atoms with Gasteiger partial charge in [0.05, 0.1) is 17.6 Å². The molecule has 1 aliphatic rings. The lowest BCUT2D eigenvalue weighted by Crippen LogP contribution is -2.42. The van der Waals surface area contributed by atoms with E-state index in [1.807, 2.05) is 75.1 Å². The number of amides is 2. The summed E-state index contributed by atoms with van der Waals surface area (Å²) in [7, 11) is 2.29. The molecule has 0 bridgehead atoms. The van der Waals surface area contributed by atoms with Gasteiger partial charge in [0, 0.05) is 46.9 Å². The van der Waals surface area contributed by atoms with Crippen molar-refractivity contribution in [3.05, 3.63) is 54.0 Å². The Morgan fingerprint density at radius 2 is 1.70 bits per heavy atom. The zero-order valence-corrected chi connectivity index (χ0v) is 28.6. The van der Waals surface area contributed by atoms with Gasteiger partial charge in [-0.1, -0.05) is 50.0 Å². The Labute approximate surface area is 262 Å². The fraction of sp³-hybridized carbons (Fsp3) is 0.576. The normalized spacial score (nSPS) is 17.4. The zero-order valence-electron chi connectivity index (χ0n) is 27.6. The molecule has 0 atom stereocenters. The van der Waals surface area contributed by atoms with Crippen molar-refractivity contribution in [3.63, 3.8) is 0 Å². The SMILES string of the molecule is CN(C(=O)OCc1ccccc1)c1cn(COCC[Si](C)(C)C)c2ncc(C3CCC(N(C)C(=O)OC(C)(C)C)CC3)nc12. The summed E-state index contributed by atoms with van der Waals surface area (Å²) in [4.78, 5) is 38.9. The second-order valence-electron chi connectivity index (χ2n) is 14.0. The first kappa shape index (κ1) is 33.4. The first-order chi connectivity index (χ1) is 20.7. The maximum atomic E-state index is 13.1. The molecule has 1 aromatic carbocycles. The van der Waals surface area contributed by atoms with Gasteiger partial charge >= 0.3 is 12.2 Å². The number of hydrogen-bond acceptors (Lipinski definition) is 7. The lowest BCUT2D eigenvalue weighted by Gasteiger charge is -2.35. The van der Waals surface area contributed by atoms with E-state index >= 15 is 0 Å². The summed E-state index contributed by atoms with van der Waals surface area (Å²) in [5.74, 6) is 0.203. The van der Waals surface area contributed by atoms with Crippen LogP contribution < -0.4 is 4.90 Å². The van der Waals surface area contributed by atoms with Gasteiger partial charge in [-0.05, 0) is 58.1 Å². The van der Waals surface area contributed by atoms with Crippen LogP contribution in [0.25, 0.3) is 11.2 Å². The van der Waals surface area contributed by atoms with Gasteiger partial charge in [0.15, 0.2) is 5.65 Å². The number of nitrogens with zero attached hydrogens (tertiary/aromatic N) is 5. The summed E-state index contributed by atoms with van der Waals surface area (Å²) in [5, 5.41) is 0. The number of fused-ring (bicyclic) bond motifs is 1. The highest BCUT2D eigenvalue weighted by Crippen LogP contribution is 2.36. The number of carbonyl (C=O) groups is 2. The van der Waals surface area contributed by atoms with Crippen LogP contribution in [0.15, 0.2) is 42.7 Å². The first-order valence-corrected chi connectivity index (χ1v) is 19.3. The molecule has 11 heteroatoms. The molecule has 0 aliphatic heterocycles. The van der Waals surface area contributed by atoms with Gasteiger partial charge in [-0.25, -0.2) is 19.6 Å². The van der Waals surface area contributed by atoms with Crippen LogP contribution in [0.4, 0.5) is 15.3 Å². The van der Waals surface area contributed by atoms with Crippen molar-refractivity contribution >= 4 is 37.1 Å². The molecule has 1 aliphatic carbocycles. The average Bonchev–Trinajstić information content (AvgIpc) is 3.34. The Balaban J connectivity index is 1.51. The van der Waals surface area contributed by atoms with Crippen molar-refractivity contribution in [3.8, 4) is 0 Å². The molecule has 1 saturated carbocycles. The molecule has 10 nitrogen and oxygen atoms in total. The van der Waals surface area contributed by atoms with E-state index in [1.165, 1.54) is 4.90 Å². The predicted octanol–water partition coefficient (Wildman–Crippen LogP) is 7.41. The molecule has 2 amide bonds. The highest BCUT2D eigenvalue weighted by Gasteiger charge is 2.31. The quantitative estimate of drug-likeness (QED) is 0.171. The molecule has 44 heavy (non-hydrogen) atoms. The van der Waals surface area contributed by atoms with Crippen LogP contribution in [0.3, 0.4) is 0 Å². The fourth-order valence-electron chi connectivity index (χ4n) is 5.29. The van der Waals surface area contributed by atoms with Crippen molar-refractivity contribution < 1.29 is 23.8 Å². The summed E-state index contributed by atoms with van der Waals surface area (Å²) in [6, 6.07) is 10.8. The number of ether oxygens (including phenoxy) is 3. The zero-order chi connectivity index (χ0) is 32.1. The molecule has 0 unspecified atom stereocenters. The van der Waals surface area contributed by atoms with E-state index in [1.54, 1.807) is 11.9 Å². The summed E-state index contributed by atoms with van der Waals surface area (Å²) in [6.07, 6.45) is 6.43. The Morgan fingerprint density at radius 1 is 1.02 bits per heavy atom. The van der Waals surface area contributed by atoms with Gasteiger partial charge in [-0.2, -0.15) is 0 Å². The molecular formula is C33H49N5O5Si. The van der Waals surface area contributed by atoms with E-state index in [4.69, 9.17) is 24.2 Å². The Hall–Kier alpha value is -3.44. The smallest absolute Gasteiger partial charge is 0.414 e. The molecule has 3 aromatic rings. The molecular weight excluding hydrogens is 574 g/mol. The van der Waals surface area contributed by atoms with Gasteiger partial charge in [-0.15, -0.1) is 0 Å². The molecule has 1 fully saturated rings. The second-order valence-corrected chi connectivity index (χ2v) is 19.6. The lowest BCUT2D eigenvalue weighted by molar-refractivity contribution is 0.0182. The van der Waals surface area contributed by atoms with Crippen LogP contribution in [-0.2, 0) is 27.5 Å². The molecule has 0 saturated heterocycles. The molecule has 2 aromatic heterocycles. The van der Waals surface area contributed by atoms with E-state index < -0.39 is 19.8 Å². The highest BCUT2D eigenvalue weighted by molar-refractivity contribution is 6.76. The third kappa shape index (κ3) is 9.04. The van der Waals surface area contributed by atoms with Crippen LogP contribution in [0.1, 0.15) is 63.6 Å². The number of hydrogen-bond donors (Lipinski definition) is 0. The number of anilines is 1. The van der Waals surface area contributed by atoms with Crippen LogP contribution in [0.2, 0.25) is 25.7 Å². The van der Waals surface area contributed by atoms with Crippen molar-refractivity contribution in [2.75, 3.05) is 25.6 Å². The number of aromatic nitrogens is 3. The third-order valence-electron chi connectivity index (χ3n) is 7.98. The number of rotatable bonds is 10. The van der Waals surface area contributed by atoms with Crippen LogP contribution in [0.5, 0.6) is 0 Å². The van der Waals surface area contributed by atoms with Gasteiger partial charge < -0.3 is 23.7 Å². The molecule has 0 N–H and O–H groups in total. The topological polar surface area (TPSA) is 99.0 Å². The van der Waals surface area contributed by atoms with Gasteiger partial charge in [0.1, 0.15) is 24.5 Å². The monoisotopic (exact) mass is 623 g/mol. The van der Waals surface area contributed by atoms with E-state index in [-0.39, 0.29) is 24.7 Å². The van der Waals surface area contributed by atoms with Crippen LogP contribution in [-0.4, -0.2) is 72.0 Å². The van der Waals surface area contributed by atoms with Crippen molar-refractivity contribution in [2.24, 2.45) is 0 Å². The first-order valence-electron chi connectivity index (χ1n) is 15.6. The minimum absolute atomic E-state index is 0.119. The summed E-state index contributed by atoms with van der Waals surface area (Å²) in [6.45, 7) is 13.8. The van der Waals surface area contributed by atoms with E-state index in [0.29, 0.717) is 30.2 Å². The highest BCUT2D eigenvalue weighted by atomic mass is 28.3. The van der Waals surface area contributed by atoms with Crippen molar-refractivity contribution in [1.29, 1.82) is 0 Å². The summed E-state index contributed by atoms with van der Waals surface area (Å²) < 4.78 is 19.2. The standard InChI is InChI=1S/C33H49N5O5Si/c1-33(2,3)43-32(40)36(4)26-16-14-25(15-17-26)27-20-34-30-29(35-27)28(21-38(30)23-41-18-19-44(6,7)8)37(5)31(39)42-22-24-12-10-9-11-13-24/h9-13,20-21,25-26H,14-19,22-23H2,1-8H3. The van der Waals surface area contributed by atoms with Gasteiger partial charge in [-0.3, -0.25) is 4.90 Å². The molecule has 4 rings (SSSR count). The predicted molar refractivity (Wildman–Crippen MR) is 176 cm³/mol. The molecule has 0 radical (unpaired) electrons. The molecule has 240 valence electrons. The maximum Gasteiger partial charge on any atom is 0.414 e. The largest absolute Gasteiger partial charge is 0.444 e. The van der Waals surface area contributed by atoms with E-state index in [2.05, 4.69) is 19.6 Å².